The topological polar surface area (TPSA) is 53.4 Å². The van der Waals surface area contributed by atoms with Crippen molar-refractivity contribution < 1.29 is 9.47 Å². The molecule has 1 saturated carbocycles. The van der Waals surface area contributed by atoms with Gasteiger partial charge in [0.25, 0.3) is 11.6 Å². The standard InChI is InChI=1S/C21H26N2O3/c1-2-15-3-5-16(6-4-15)17-7-9-18(10-8-17)25-14-19-13-23-12-11-20(24)22-21(23)26-19/h7-12,15-16,19H,2-6,13-14H2,1H3. The van der Waals surface area contributed by atoms with E-state index in [1.807, 2.05) is 4.57 Å². The minimum absolute atomic E-state index is 0.117. The van der Waals surface area contributed by atoms with E-state index in [1.165, 1.54) is 43.7 Å². The molecule has 0 N–H and O–H groups in total. The van der Waals surface area contributed by atoms with Crippen LogP contribution in [0.3, 0.4) is 0 Å². The summed E-state index contributed by atoms with van der Waals surface area (Å²) in [5.74, 6) is 2.48. The molecule has 2 aromatic rings. The second kappa shape index (κ2) is 7.52. The van der Waals surface area contributed by atoms with E-state index < -0.39 is 0 Å². The highest BCUT2D eigenvalue weighted by atomic mass is 16.6. The third-order valence-electron chi connectivity index (χ3n) is 5.73. The molecule has 1 aromatic heterocycles. The van der Waals surface area contributed by atoms with Crippen LogP contribution in [0, 0.1) is 5.92 Å². The molecule has 0 saturated heterocycles. The summed E-state index contributed by atoms with van der Waals surface area (Å²) in [7, 11) is 0. The van der Waals surface area contributed by atoms with E-state index >= 15 is 0 Å². The Bertz CT molecular complexity index is 792. The van der Waals surface area contributed by atoms with Gasteiger partial charge < -0.3 is 9.47 Å². The maximum Gasteiger partial charge on any atom is 0.300 e. The smallest absolute Gasteiger partial charge is 0.300 e. The minimum atomic E-state index is -0.277. The largest absolute Gasteiger partial charge is 0.490 e. The molecule has 4 rings (SSSR count). The molecule has 0 spiro atoms. The first-order chi connectivity index (χ1) is 12.7. The lowest BCUT2D eigenvalue weighted by atomic mass is 9.78. The molecule has 1 aliphatic carbocycles. The van der Waals surface area contributed by atoms with Gasteiger partial charge in [0.1, 0.15) is 12.4 Å². The Morgan fingerprint density at radius 1 is 1.15 bits per heavy atom. The predicted octanol–water partition coefficient (Wildman–Crippen LogP) is 3.77. The fourth-order valence-electron chi connectivity index (χ4n) is 4.07. The first-order valence-electron chi connectivity index (χ1n) is 9.68. The average Bonchev–Trinajstić information content (AvgIpc) is 3.09. The van der Waals surface area contributed by atoms with Crippen LogP contribution in [-0.2, 0) is 6.54 Å². The Kier molecular flexibility index (Phi) is 4.96. The van der Waals surface area contributed by atoms with Crippen molar-refractivity contribution in [3.05, 3.63) is 52.4 Å². The van der Waals surface area contributed by atoms with Gasteiger partial charge in [0.15, 0.2) is 6.10 Å². The number of hydrogen-bond donors (Lipinski definition) is 0. The van der Waals surface area contributed by atoms with Gasteiger partial charge in [-0.15, -0.1) is 0 Å². The summed E-state index contributed by atoms with van der Waals surface area (Å²) in [4.78, 5) is 15.1. The second-order valence-corrected chi connectivity index (χ2v) is 7.45. The normalized spacial score (nSPS) is 24.7. The summed E-state index contributed by atoms with van der Waals surface area (Å²) in [6.45, 7) is 3.40. The van der Waals surface area contributed by atoms with Crippen LogP contribution in [0.1, 0.15) is 50.5 Å². The third kappa shape index (κ3) is 3.76. The molecule has 0 bridgehead atoms. The van der Waals surface area contributed by atoms with E-state index in [-0.39, 0.29) is 11.7 Å². The van der Waals surface area contributed by atoms with E-state index in [1.54, 1.807) is 6.20 Å². The SMILES string of the molecule is CCC1CCC(c2ccc(OCC3Cn4ccc(=O)nc4O3)cc2)CC1. The molecule has 1 atom stereocenters. The first-order valence-corrected chi connectivity index (χ1v) is 9.68. The molecule has 1 unspecified atom stereocenters. The highest BCUT2D eigenvalue weighted by molar-refractivity contribution is 5.29. The third-order valence-corrected chi connectivity index (χ3v) is 5.73. The summed E-state index contributed by atoms with van der Waals surface area (Å²) in [6.07, 6.45) is 8.24. The van der Waals surface area contributed by atoms with Crippen LogP contribution in [0.5, 0.6) is 11.8 Å². The number of aromatic nitrogens is 2. The molecule has 1 aromatic carbocycles. The van der Waals surface area contributed by atoms with Crippen molar-refractivity contribution in [3.8, 4) is 11.8 Å². The van der Waals surface area contributed by atoms with Gasteiger partial charge in [0.05, 0.1) is 6.54 Å². The minimum Gasteiger partial charge on any atom is -0.490 e. The van der Waals surface area contributed by atoms with Gasteiger partial charge in [-0.25, -0.2) is 0 Å². The maximum atomic E-state index is 11.3. The van der Waals surface area contributed by atoms with Crippen molar-refractivity contribution in [3.63, 3.8) is 0 Å². The molecule has 5 heteroatoms. The first kappa shape index (κ1) is 17.1. The summed E-state index contributed by atoms with van der Waals surface area (Å²) >= 11 is 0. The molecule has 138 valence electrons. The lowest BCUT2D eigenvalue weighted by Gasteiger charge is -2.28. The van der Waals surface area contributed by atoms with E-state index in [4.69, 9.17) is 9.47 Å². The van der Waals surface area contributed by atoms with E-state index in [9.17, 15) is 4.79 Å². The van der Waals surface area contributed by atoms with Crippen LogP contribution in [0.25, 0.3) is 0 Å². The number of fused-ring (bicyclic) bond motifs is 1. The van der Waals surface area contributed by atoms with Crippen molar-refractivity contribution in [1.82, 2.24) is 9.55 Å². The van der Waals surface area contributed by atoms with Crippen LogP contribution in [-0.4, -0.2) is 22.3 Å². The number of rotatable bonds is 5. The van der Waals surface area contributed by atoms with Crippen molar-refractivity contribution in [1.29, 1.82) is 0 Å². The van der Waals surface area contributed by atoms with Gasteiger partial charge in [-0.05, 0) is 55.2 Å². The van der Waals surface area contributed by atoms with Crippen molar-refractivity contribution in [2.75, 3.05) is 6.61 Å². The van der Waals surface area contributed by atoms with Gasteiger partial charge in [-0.3, -0.25) is 9.36 Å². The molecule has 1 fully saturated rings. The Morgan fingerprint density at radius 2 is 1.92 bits per heavy atom. The second-order valence-electron chi connectivity index (χ2n) is 7.45. The van der Waals surface area contributed by atoms with Crippen LogP contribution in [0.15, 0.2) is 41.3 Å². The van der Waals surface area contributed by atoms with Gasteiger partial charge >= 0.3 is 0 Å². The Hall–Kier alpha value is -2.30. The monoisotopic (exact) mass is 354 g/mol. The van der Waals surface area contributed by atoms with Crippen molar-refractivity contribution >= 4 is 0 Å². The molecular formula is C21H26N2O3. The van der Waals surface area contributed by atoms with E-state index in [0.29, 0.717) is 25.1 Å². The molecule has 5 nitrogen and oxygen atoms in total. The fourth-order valence-corrected chi connectivity index (χ4v) is 4.07. The van der Waals surface area contributed by atoms with Gasteiger partial charge in [0, 0.05) is 12.3 Å². The molecule has 2 heterocycles. The van der Waals surface area contributed by atoms with Crippen LogP contribution >= 0.6 is 0 Å². The summed E-state index contributed by atoms with van der Waals surface area (Å²) in [5, 5.41) is 0. The summed E-state index contributed by atoms with van der Waals surface area (Å²) < 4.78 is 13.4. The van der Waals surface area contributed by atoms with Crippen LogP contribution < -0.4 is 15.0 Å². The van der Waals surface area contributed by atoms with Gasteiger partial charge in [-0.1, -0.05) is 25.5 Å². The average molecular weight is 354 g/mol. The quantitative estimate of drug-likeness (QED) is 0.820. The highest BCUT2D eigenvalue weighted by Crippen LogP contribution is 2.37. The Morgan fingerprint density at radius 3 is 2.65 bits per heavy atom. The zero-order valence-electron chi connectivity index (χ0n) is 15.3. The molecule has 0 radical (unpaired) electrons. The van der Waals surface area contributed by atoms with Crippen molar-refractivity contribution in [2.24, 2.45) is 5.92 Å². The maximum absolute atomic E-state index is 11.3. The number of benzene rings is 1. The number of nitrogens with zero attached hydrogens (tertiary/aromatic N) is 2. The lowest BCUT2D eigenvalue weighted by Crippen LogP contribution is -2.23. The van der Waals surface area contributed by atoms with E-state index in [0.717, 1.165) is 11.7 Å². The van der Waals surface area contributed by atoms with Crippen molar-refractivity contribution in [2.45, 2.75) is 57.6 Å². The summed E-state index contributed by atoms with van der Waals surface area (Å²) in [6, 6.07) is 10.4. The zero-order valence-corrected chi connectivity index (χ0v) is 15.3. The lowest BCUT2D eigenvalue weighted by molar-refractivity contribution is 0.143. The Labute approximate surface area is 154 Å². The molecule has 26 heavy (non-hydrogen) atoms. The van der Waals surface area contributed by atoms with Gasteiger partial charge in [0.2, 0.25) is 0 Å². The molecule has 0 amide bonds. The number of ether oxygens (including phenoxy) is 2. The zero-order chi connectivity index (χ0) is 17.9. The van der Waals surface area contributed by atoms with E-state index in [2.05, 4.69) is 36.2 Å². The Balaban J connectivity index is 1.29. The summed E-state index contributed by atoms with van der Waals surface area (Å²) in [5.41, 5.74) is 1.15. The van der Waals surface area contributed by atoms with Gasteiger partial charge in [-0.2, -0.15) is 4.98 Å². The fraction of sp³-hybridized carbons (Fsp3) is 0.524. The van der Waals surface area contributed by atoms with Crippen LogP contribution in [0.2, 0.25) is 0 Å². The predicted molar refractivity (Wildman–Crippen MR) is 99.8 cm³/mol. The number of hydrogen-bond acceptors (Lipinski definition) is 4. The highest BCUT2D eigenvalue weighted by Gasteiger charge is 2.24. The molecule has 1 aliphatic heterocycles. The van der Waals surface area contributed by atoms with Crippen LogP contribution in [0.4, 0.5) is 0 Å². The molecular weight excluding hydrogens is 328 g/mol. The molecule has 2 aliphatic rings.